The molecule has 30 heavy (non-hydrogen) atoms. The lowest BCUT2D eigenvalue weighted by molar-refractivity contribution is -0.131. The van der Waals surface area contributed by atoms with Gasteiger partial charge in [0.1, 0.15) is 5.82 Å². The molecular weight excluding hydrogens is 397 g/mol. The van der Waals surface area contributed by atoms with Crippen LogP contribution in [0.1, 0.15) is 40.5 Å². The fourth-order valence-corrected chi connectivity index (χ4v) is 4.09. The van der Waals surface area contributed by atoms with Crippen LogP contribution >= 0.6 is 11.8 Å². The van der Waals surface area contributed by atoms with Gasteiger partial charge >= 0.3 is 0 Å². The Morgan fingerprint density at radius 1 is 1.00 bits per heavy atom. The van der Waals surface area contributed by atoms with Gasteiger partial charge < -0.3 is 4.90 Å². The van der Waals surface area contributed by atoms with Crippen molar-refractivity contribution in [2.24, 2.45) is 0 Å². The van der Waals surface area contributed by atoms with E-state index in [1.165, 1.54) is 23.9 Å². The Hall–Kier alpha value is -2.73. The van der Waals surface area contributed by atoms with Crippen LogP contribution in [0.15, 0.2) is 59.8 Å². The molecule has 1 atom stereocenters. The van der Waals surface area contributed by atoms with E-state index >= 15 is 0 Å². The lowest BCUT2D eigenvalue weighted by Gasteiger charge is -2.29. The molecule has 1 aromatic heterocycles. The van der Waals surface area contributed by atoms with Gasteiger partial charge in [-0.05, 0) is 55.3 Å². The van der Waals surface area contributed by atoms with Gasteiger partial charge in [0.25, 0.3) is 0 Å². The molecule has 1 amide bonds. The predicted molar refractivity (Wildman–Crippen MR) is 119 cm³/mol. The Morgan fingerprint density at radius 2 is 1.57 bits per heavy atom. The molecule has 0 spiro atoms. The molecule has 0 aliphatic rings. The first-order valence-electron chi connectivity index (χ1n) is 9.85. The highest BCUT2D eigenvalue weighted by Crippen LogP contribution is 2.29. The molecule has 2 aromatic carbocycles. The average molecular weight is 424 g/mol. The quantitative estimate of drug-likeness (QED) is 0.390. The standard InChI is InChI=1S/C24H26FN3OS/c1-16-21(17(2)27-24(26-16)30-4)14-15-22(29)28(3)23(18-8-6-5-7-9-18)19-10-12-20(25)13-11-19/h5-13,23H,14-15H2,1-4H3. The number of hydrogen-bond donors (Lipinski definition) is 0. The van der Waals surface area contributed by atoms with Crippen molar-refractivity contribution in [1.82, 2.24) is 14.9 Å². The third kappa shape index (κ3) is 5.05. The first-order valence-corrected chi connectivity index (χ1v) is 11.1. The smallest absolute Gasteiger partial charge is 0.223 e. The van der Waals surface area contributed by atoms with Crippen LogP contribution in [-0.4, -0.2) is 34.1 Å². The number of benzene rings is 2. The van der Waals surface area contributed by atoms with Crippen LogP contribution in [0.25, 0.3) is 0 Å². The van der Waals surface area contributed by atoms with Crippen LogP contribution in [0, 0.1) is 19.7 Å². The Morgan fingerprint density at radius 3 is 2.13 bits per heavy atom. The number of carbonyl (C=O) groups is 1. The number of thioether (sulfide) groups is 1. The van der Waals surface area contributed by atoms with Crippen molar-refractivity contribution in [3.63, 3.8) is 0 Å². The molecule has 1 heterocycles. The van der Waals surface area contributed by atoms with E-state index in [1.807, 2.05) is 50.4 Å². The summed E-state index contributed by atoms with van der Waals surface area (Å²) < 4.78 is 13.5. The second-order valence-electron chi connectivity index (χ2n) is 7.23. The lowest BCUT2D eigenvalue weighted by Crippen LogP contribution is -2.32. The van der Waals surface area contributed by atoms with Crippen molar-refractivity contribution < 1.29 is 9.18 Å². The molecule has 3 rings (SSSR count). The molecule has 0 N–H and O–H groups in total. The molecule has 0 aliphatic heterocycles. The maximum absolute atomic E-state index is 13.5. The van der Waals surface area contributed by atoms with Gasteiger partial charge in [0, 0.05) is 24.9 Å². The molecule has 156 valence electrons. The number of amides is 1. The van der Waals surface area contributed by atoms with Crippen LogP contribution in [-0.2, 0) is 11.2 Å². The van der Waals surface area contributed by atoms with E-state index in [0.29, 0.717) is 12.8 Å². The molecule has 1 unspecified atom stereocenters. The molecule has 0 saturated heterocycles. The van der Waals surface area contributed by atoms with E-state index in [-0.39, 0.29) is 17.8 Å². The third-order valence-corrected chi connectivity index (χ3v) is 5.80. The number of hydrogen-bond acceptors (Lipinski definition) is 4. The number of aryl methyl sites for hydroxylation is 2. The fourth-order valence-electron chi connectivity index (χ4n) is 3.63. The van der Waals surface area contributed by atoms with Gasteiger partial charge in [-0.3, -0.25) is 4.79 Å². The highest BCUT2D eigenvalue weighted by Gasteiger charge is 2.24. The van der Waals surface area contributed by atoms with Crippen molar-refractivity contribution in [2.45, 2.75) is 37.9 Å². The van der Waals surface area contributed by atoms with Crippen LogP contribution in [0.4, 0.5) is 4.39 Å². The maximum atomic E-state index is 13.5. The van der Waals surface area contributed by atoms with Crippen molar-refractivity contribution >= 4 is 17.7 Å². The van der Waals surface area contributed by atoms with Crippen molar-refractivity contribution in [3.8, 4) is 0 Å². The Bertz CT molecular complexity index is 986. The molecule has 0 saturated carbocycles. The summed E-state index contributed by atoms with van der Waals surface area (Å²) >= 11 is 1.51. The molecule has 0 aliphatic carbocycles. The Balaban J connectivity index is 1.82. The second-order valence-corrected chi connectivity index (χ2v) is 8.00. The van der Waals surface area contributed by atoms with Gasteiger partial charge in [0.15, 0.2) is 5.16 Å². The van der Waals surface area contributed by atoms with E-state index < -0.39 is 0 Å². The molecule has 0 bridgehead atoms. The summed E-state index contributed by atoms with van der Waals surface area (Å²) in [6.45, 7) is 3.92. The number of carbonyl (C=O) groups excluding carboxylic acids is 1. The van der Waals surface area contributed by atoms with E-state index in [1.54, 1.807) is 24.1 Å². The van der Waals surface area contributed by atoms with Crippen molar-refractivity contribution in [2.75, 3.05) is 13.3 Å². The van der Waals surface area contributed by atoms with Gasteiger partial charge in [0.2, 0.25) is 5.91 Å². The van der Waals surface area contributed by atoms with E-state index in [0.717, 1.165) is 33.2 Å². The SMILES string of the molecule is CSc1nc(C)c(CCC(=O)N(C)C(c2ccccc2)c2ccc(F)cc2)c(C)n1. The molecular formula is C24H26FN3OS. The summed E-state index contributed by atoms with van der Waals surface area (Å²) in [4.78, 5) is 23.9. The van der Waals surface area contributed by atoms with Crippen LogP contribution in [0.5, 0.6) is 0 Å². The molecule has 0 fully saturated rings. The Labute approximate surface area is 181 Å². The largest absolute Gasteiger partial charge is 0.335 e. The topological polar surface area (TPSA) is 46.1 Å². The summed E-state index contributed by atoms with van der Waals surface area (Å²) in [6, 6.07) is 15.9. The summed E-state index contributed by atoms with van der Waals surface area (Å²) in [7, 11) is 1.80. The summed E-state index contributed by atoms with van der Waals surface area (Å²) in [5.41, 5.74) is 4.71. The highest BCUT2D eigenvalue weighted by atomic mass is 32.2. The molecule has 0 radical (unpaired) electrons. The first-order chi connectivity index (χ1) is 14.4. The van der Waals surface area contributed by atoms with Gasteiger partial charge in [-0.1, -0.05) is 54.2 Å². The van der Waals surface area contributed by atoms with Crippen LogP contribution in [0.2, 0.25) is 0 Å². The Kier molecular flexibility index (Phi) is 7.21. The summed E-state index contributed by atoms with van der Waals surface area (Å²) in [6.07, 6.45) is 2.89. The van der Waals surface area contributed by atoms with Gasteiger partial charge in [-0.25, -0.2) is 14.4 Å². The third-order valence-electron chi connectivity index (χ3n) is 5.25. The fraction of sp³-hybridized carbons (Fsp3) is 0.292. The molecule has 4 nitrogen and oxygen atoms in total. The number of rotatable bonds is 7. The zero-order valence-corrected chi connectivity index (χ0v) is 18.5. The van der Waals surface area contributed by atoms with E-state index in [2.05, 4.69) is 9.97 Å². The van der Waals surface area contributed by atoms with Gasteiger partial charge in [0.05, 0.1) is 6.04 Å². The minimum Gasteiger partial charge on any atom is -0.335 e. The van der Waals surface area contributed by atoms with Crippen molar-refractivity contribution in [1.29, 1.82) is 0 Å². The number of nitrogens with zero attached hydrogens (tertiary/aromatic N) is 3. The number of halogens is 1. The molecule has 6 heteroatoms. The van der Waals surface area contributed by atoms with Crippen LogP contribution in [0.3, 0.4) is 0 Å². The first kappa shape index (κ1) is 22.0. The number of aromatic nitrogens is 2. The highest BCUT2D eigenvalue weighted by molar-refractivity contribution is 7.98. The normalized spacial score (nSPS) is 11.9. The maximum Gasteiger partial charge on any atom is 0.223 e. The van der Waals surface area contributed by atoms with Gasteiger partial charge in [-0.2, -0.15) is 0 Å². The second kappa shape index (κ2) is 9.85. The minimum absolute atomic E-state index is 0.0147. The lowest BCUT2D eigenvalue weighted by atomic mass is 9.96. The summed E-state index contributed by atoms with van der Waals surface area (Å²) in [5.74, 6) is -0.278. The van der Waals surface area contributed by atoms with E-state index in [9.17, 15) is 9.18 Å². The van der Waals surface area contributed by atoms with Gasteiger partial charge in [-0.15, -0.1) is 0 Å². The van der Waals surface area contributed by atoms with Crippen LogP contribution < -0.4 is 0 Å². The molecule has 3 aromatic rings. The monoisotopic (exact) mass is 423 g/mol. The summed E-state index contributed by atoms with van der Waals surface area (Å²) in [5, 5.41) is 0.748. The minimum atomic E-state index is -0.292. The van der Waals surface area contributed by atoms with Crippen molar-refractivity contribution in [3.05, 3.63) is 88.5 Å². The predicted octanol–water partition coefficient (Wildman–Crippen LogP) is 5.14. The zero-order chi connectivity index (χ0) is 21.7. The van der Waals surface area contributed by atoms with E-state index in [4.69, 9.17) is 0 Å². The zero-order valence-electron chi connectivity index (χ0n) is 17.7. The average Bonchev–Trinajstić information content (AvgIpc) is 2.75.